The Kier molecular flexibility index (Phi) is 6.59. The number of amides is 1. The Bertz CT molecular complexity index is 1590. The highest BCUT2D eigenvalue weighted by molar-refractivity contribution is 7.99. The second-order valence-corrected chi connectivity index (χ2v) is 9.41. The molecular formula is C25H22F3N7OS. The molecule has 0 aliphatic heterocycles. The number of aryl methyl sites for hydroxylation is 3. The summed E-state index contributed by atoms with van der Waals surface area (Å²) in [7, 11) is 0. The molecule has 3 aromatic heterocycles. The predicted octanol–water partition coefficient (Wildman–Crippen LogP) is 5.15. The minimum Gasteiger partial charge on any atom is -0.325 e. The third kappa shape index (κ3) is 5.15. The summed E-state index contributed by atoms with van der Waals surface area (Å²) >= 11 is 1.08. The van der Waals surface area contributed by atoms with Crippen LogP contribution in [0.15, 0.2) is 53.7 Å². The fraction of sp³-hybridized carbons (Fsp3) is 0.240. The number of aromatic amines is 1. The van der Waals surface area contributed by atoms with E-state index in [1.807, 2.05) is 38.1 Å². The molecule has 190 valence electrons. The topological polar surface area (TPSA) is 101 Å². The fourth-order valence-electron chi connectivity index (χ4n) is 4.11. The first kappa shape index (κ1) is 24.8. The molecule has 0 saturated heterocycles. The molecule has 2 N–H and O–H groups in total. The van der Waals surface area contributed by atoms with E-state index >= 15 is 0 Å². The molecule has 0 atom stereocenters. The number of para-hydroxylation sites is 2. The second kappa shape index (κ2) is 9.85. The number of benzene rings is 2. The van der Waals surface area contributed by atoms with Crippen molar-refractivity contribution in [2.75, 3.05) is 11.1 Å². The number of thioether (sulfide) groups is 1. The van der Waals surface area contributed by atoms with E-state index in [0.717, 1.165) is 40.2 Å². The van der Waals surface area contributed by atoms with Crippen molar-refractivity contribution < 1.29 is 18.0 Å². The summed E-state index contributed by atoms with van der Waals surface area (Å²) in [4.78, 5) is 22.0. The molecule has 8 nitrogen and oxygen atoms in total. The number of hydrogen-bond donors (Lipinski definition) is 2. The van der Waals surface area contributed by atoms with Crippen LogP contribution in [0.2, 0.25) is 0 Å². The lowest BCUT2D eigenvalue weighted by molar-refractivity contribution is -0.137. The van der Waals surface area contributed by atoms with Crippen LogP contribution in [0.4, 0.5) is 18.9 Å². The zero-order chi connectivity index (χ0) is 26.2. The van der Waals surface area contributed by atoms with Crippen LogP contribution in [0, 0.1) is 13.8 Å². The van der Waals surface area contributed by atoms with E-state index in [4.69, 9.17) is 4.98 Å². The van der Waals surface area contributed by atoms with E-state index in [9.17, 15) is 18.0 Å². The molecular weight excluding hydrogens is 503 g/mol. The van der Waals surface area contributed by atoms with E-state index in [-0.39, 0.29) is 11.4 Å². The first-order valence-corrected chi connectivity index (χ1v) is 12.4. The van der Waals surface area contributed by atoms with Gasteiger partial charge in [0.1, 0.15) is 0 Å². The highest BCUT2D eigenvalue weighted by atomic mass is 32.2. The van der Waals surface area contributed by atoms with Crippen LogP contribution >= 0.6 is 11.8 Å². The predicted molar refractivity (Wildman–Crippen MR) is 135 cm³/mol. The molecule has 1 amide bonds. The van der Waals surface area contributed by atoms with Crippen molar-refractivity contribution in [2.24, 2.45) is 0 Å². The number of carbonyl (C=O) groups is 1. The maximum atomic E-state index is 13.3. The Balaban J connectivity index is 1.39. The number of fused-ring (bicyclic) bond motifs is 3. The lowest BCUT2D eigenvalue weighted by Crippen LogP contribution is -2.18. The maximum Gasteiger partial charge on any atom is 0.418 e. The summed E-state index contributed by atoms with van der Waals surface area (Å²) in [5.41, 5.74) is 3.15. The van der Waals surface area contributed by atoms with Crippen molar-refractivity contribution in [1.82, 2.24) is 29.8 Å². The van der Waals surface area contributed by atoms with E-state index in [1.54, 1.807) is 4.52 Å². The first-order chi connectivity index (χ1) is 17.7. The van der Waals surface area contributed by atoms with E-state index in [1.165, 1.54) is 18.2 Å². The molecule has 0 aliphatic carbocycles. The smallest absolute Gasteiger partial charge is 0.325 e. The lowest BCUT2D eigenvalue weighted by atomic mass is 10.1. The molecule has 2 aromatic carbocycles. The first-order valence-electron chi connectivity index (χ1n) is 11.4. The molecule has 3 heterocycles. The van der Waals surface area contributed by atoms with Crippen molar-refractivity contribution in [3.05, 3.63) is 76.9 Å². The minimum absolute atomic E-state index is 0.158. The average Bonchev–Trinajstić information content (AvgIpc) is 3.44. The average molecular weight is 526 g/mol. The van der Waals surface area contributed by atoms with Gasteiger partial charge in [0.15, 0.2) is 16.6 Å². The molecule has 12 heteroatoms. The van der Waals surface area contributed by atoms with Gasteiger partial charge in [-0.3, -0.25) is 9.89 Å². The SMILES string of the molecule is Cc1n[nH]c(C)c1CCc1nc2c3ccccc3nc(SCC(=O)Nc3ccccc3C(F)(F)F)n2n1. The minimum atomic E-state index is -4.58. The van der Waals surface area contributed by atoms with Crippen molar-refractivity contribution in [2.45, 2.75) is 38.0 Å². The molecule has 0 radical (unpaired) electrons. The summed E-state index contributed by atoms with van der Waals surface area (Å²) < 4.78 is 41.4. The quantitative estimate of drug-likeness (QED) is 0.225. The summed E-state index contributed by atoms with van der Waals surface area (Å²) in [5.74, 6) is -0.130. The van der Waals surface area contributed by atoms with E-state index in [0.29, 0.717) is 35.0 Å². The highest BCUT2D eigenvalue weighted by Gasteiger charge is 2.33. The van der Waals surface area contributed by atoms with Crippen LogP contribution in [-0.2, 0) is 23.8 Å². The van der Waals surface area contributed by atoms with Crippen molar-refractivity contribution in [3.63, 3.8) is 0 Å². The number of nitrogens with zero attached hydrogens (tertiary/aromatic N) is 5. The number of carbonyl (C=O) groups excluding carboxylic acids is 1. The molecule has 0 aliphatic rings. The van der Waals surface area contributed by atoms with Gasteiger partial charge in [-0.25, -0.2) is 9.97 Å². The Hall–Kier alpha value is -3.93. The van der Waals surface area contributed by atoms with Crippen LogP contribution in [0.1, 0.15) is 28.3 Å². The van der Waals surface area contributed by atoms with Crippen LogP contribution in [0.25, 0.3) is 16.6 Å². The number of halogens is 3. The van der Waals surface area contributed by atoms with Gasteiger partial charge in [0.05, 0.1) is 28.2 Å². The van der Waals surface area contributed by atoms with Crippen molar-refractivity contribution >= 4 is 39.9 Å². The number of H-pyrrole nitrogens is 1. The third-order valence-corrected chi connectivity index (χ3v) is 6.84. The zero-order valence-electron chi connectivity index (χ0n) is 19.9. The molecule has 0 saturated carbocycles. The van der Waals surface area contributed by atoms with Crippen molar-refractivity contribution in [3.8, 4) is 0 Å². The van der Waals surface area contributed by atoms with Gasteiger partial charge in [-0.2, -0.15) is 22.8 Å². The Morgan fingerprint density at radius 3 is 2.57 bits per heavy atom. The van der Waals surface area contributed by atoms with Gasteiger partial charge in [-0.1, -0.05) is 36.0 Å². The van der Waals surface area contributed by atoms with Crippen LogP contribution < -0.4 is 5.32 Å². The Morgan fingerprint density at radius 2 is 1.81 bits per heavy atom. The summed E-state index contributed by atoms with van der Waals surface area (Å²) in [5, 5.41) is 15.4. The third-order valence-electron chi connectivity index (χ3n) is 5.91. The molecule has 0 bridgehead atoms. The largest absolute Gasteiger partial charge is 0.418 e. The number of aromatic nitrogens is 6. The number of hydrogen-bond acceptors (Lipinski definition) is 6. The van der Waals surface area contributed by atoms with Crippen LogP contribution in [0.3, 0.4) is 0 Å². The summed E-state index contributed by atoms with van der Waals surface area (Å²) in [6, 6.07) is 12.3. The molecule has 0 spiro atoms. The fourth-order valence-corrected chi connectivity index (χ4v) is 4.85. The van der Waals surface area contributed by atoms with E-state index in [2.05, 4.69) is 25.6 Å². The van der Waals surface area contributed by atoms with Gasteiger partial charge >= 0.3 is 6.18 Å². The molecule has 0 fully saturated rings. The lowest BCUT2D eigenvalue weighted by Gasteiger charge is -2.13. The number of rotatable bonds is 7. The Morgan fingerprint density at radius 1 is 1.05 bits per heavy atom. The van der Waals surface area contributed by atoms with Crippen LogP contribution in [-0.4, -0.2) is 41.4 Å². The van der Waals surface area contributed by atoms with E-state index < -0.39 is 17.6 Å². The monoisotopic (exact) mass is 525 g/mol. The van der Waals surface area contributed by atoms with Crippen molar-refractivity contribution in [1.29, 1.82) is 0 Å². The molecule has 5 rings (SSSR count). The number of alkyl halides is 3. The summed E-state index contributed by atoms with van der Waals surface area (Å²) in [6.07, 6.45) is -3.29. The maximum absolute atomic E-state index is 13.3. The number of nitrogens with one attached hydrogen (secondary N) is 2. The van der Waals surface area contributed by atoms with Gasteiger partial charge < -0.3 is 5.32 Å². The zero-order valence-corrected chi connectivity index (χ0v) is 20.7. The van der Waals surface area contributed by atoms with Crippen LogP contribution in [0.5, 0.6) is 0 Å². The molecule has 37 heavy (non-hydrogen) atoms. The standard InChI is InChI=1S/C25H22F3N7OS/c1-14-16(15(2)33-32-14)11-12-21-31-23-17-7-3-5-9-19(17)30-24(35(23)34-21)37-13-22(36)29-20-10-6-4-8-18(20)25(26,27)28/h3-10H,11-13H2,1-2H3,(H,29,36)(H,32,33). The van der Waals surface area contributed by atoms with Gasteiger partial charge in [0.25, 0.3) is 0 Å². The summed E-state index contributed by atoms with van der Waals surface area (Å²) in [6.45, 7) is 3.91. The van der Waals surface area contributed by atoms with Gasteiger partial charge in [0, 0.05) is 17.5 Å². The highest BCUT2D eigenvalue weighted by Crippen LogP contribution is 2.34. The Labute approximate surface area is 213 Å². The van der Waals surface area contributed by atoms with Gasteiger partial charge in [-0.15, -0.1) is 5.10 Å². The molecule has 0 unspecified atom stereocenters. The van der Waals surface area contributed by atoms with Gasteiger partial charge in [0.2, 0.25) is 5.91 Å². The molecule has 5 aromatic rings. The number of anilines is 1. The normalized spacial score (nSPS) is 11.9. The van der Waals surface area contributed by atoms with Gasteiger partial charge in [-0.05, 0) is 50.1 Å². The second-order valence-electron chi connectivity index (χ2n) is 8.47.